The monoisotopic (exact) mass is 402 g/mol. The van der Waals surface area contributed by atoms with Crippen LogP contribution in [0, 0.1) is 6.92 Å². The van der Waals surface area contributed by atoms with Crippen molar-refractivity contribution in [3.8, 4) is 0 Å². The van der Waals surface area contributed by atoms with Crippen molar-refractivity contribution in [2.45, 2.75) is 26.1 Å². The first-order valence-electron chi connectivity index (χ1n) is 9.67. The maximum Gasteiger partial charge on any atom is 0.132 e. The lowest BCUT2D eigenvalue weighted by molar-refractivity contribution is 0.590. The number of nitrogens with one attached hydrogen (secondary N) is 1. The van der Waals surface area contributed by atoms with E-state index >= 15 is 0 Å². The molecule has 0 bridgehead atoms. The van der Waals surface area contributed by atoms with E-state index in [4.69, 9.17) is 11.6 Å². The lowest BCUT2D eigenvalue weighted by atomic mass is 10.0. The third-order valence-corrected chi connectivity index (χ3v) is 5.38. The molecule has 1 atom stereocenters. The van der Waals surface area contributed by atoms with Crippen LogP contribution in [0.3, 0.4) is 0 Å². The number of aromatic nitrogens is 3. The molecule has 0 saturated carbocycles. The van der Waals surface area contributed by atoms with Crippen LogP contribution in [0.15, 0.2) is 85.1 Å². The fraction of sp³-hybridized carbons (Fsp3) is 0.167. The van der Waals surface area contributed by atoms with Crippen molar-refractivity contribution in [3.63, 3.8) is 0 Å². The second-order valence-corrected chi connectivity index (χ2v) is 7.34. The second-order valence-electron chi connectivity index (χ2n) is 6.98. The quantitative estimate of drug-likeness (QED) is 0.464. The standard InChI is InChI=1S/C24H23ClN4/c1-18-21(24(25)29(28-18)17-19-10-4-2-5-11-19)16-27-23(20-12-6-3-7-13-20)22-14-8-9-15-26-22/h2-15,23,27H,16-17H2,1H3. The number of hydrogen-bond donors (Lipinski definition) is 1. The maximum absolute atomic E-state index is 6.70. The van der Waals surface area contributed by atoms with E-state index in [1.165, 1.54) is 5.56 Å². The van der Waals surface area contributed by atoms with Crippen molar-refractivity contribution < 1.29 is 0 Å². The van der Waals surface area contributed by atoms with Gasteiger partial charge in [-0.25, -0.2) is 4.68 Å². The number of rotatable bonds is 7. The minimum atomic E-state index is -0.0228. The Morgan fingerprint density at radius 1 is 0.931 bits per heavy atom. The van der Waals surface area contributed by atoms with Crippen LogP contribution in [0.1, 0.15) is 34.1 Å². The molecule has 0 spiro atoms. The van der Waals surface area contributed by atoms with Gasteiger partial charge in [0.15, 0.2) is 0 Å². The van der Waals surface area contributed by atoms with Gasteiger partial charge in [0.2, 0.25) is 0 Å². The summed E-state index contributed by atoms with van der Waals surface area (Å²) in [4.78, 5) is 4.56. The molecular formula is C24H23ClN4. The van der Waals surface area contributed by atoms with Crippen LogP contribution in [0.25, 0.3) is 0 Å². The van der Waals surface area contributed by atoms with Gasteiger partial charge in [0.05, 0.1) is 24.0 Å². The zero-order valence-electron chi connectivity index (χ0n) is 16.3. The second kappa shape index (κ2) is 9.03. The zero-order chi connectivity index (χ0) is 20.1. The first-order valence-corrected chi connectivity index (χ1v) is 10.0. The SMILES string of the molecule is Cc1nn(Cc2ccccc2)c(Cl)c1CNC(c1ccccc1)c1ccccn1. The van der Waals surface area contributed by atoms with Crippen molar-refractivity contribution in [2.24, 2.45) is 0 Å². The van der Waals surface area contributed by atoms with Gasteiger partial charge >= 0.3 is 0 Å². The van der Waals surface area contributed by atoms with E-state index < -0.39 is 0 Å². The summed E-state index contributed by atoms with van der Waals surface area (Å²) in [6, 6.07) is 26.5. The van der Waals surface area contributed by atoms with E-state index in [-0.39, 0.29) is 6.04 Å². The van der Waals surface area contributed by atoms with Gasteiger partial charge < -0.3 is 5.32 Å². The smallest absolute Gasteiger partial charge is 0.132 e. The van der Waals surface area contributed by atoms with Crippen molar-refractivity contribution in [2.75, 3.05) is 0 Å². The fourth-order valence-corrected chi connectivity index (χ4v) is 3.74. The topological polar surface area (TPSA) is 42.7 Å². The lowest BCUT2D eigenvalue weighted by Gasteiger charge is -2.19. The molecule has 0 aliphatic carbocycles. The fourth-order valence-electron chi connectivity index (χ4n) is 3.44. The number of benzene rings is 2. The molecule has 4 aromatic rings. The molecule has 2 heterocycles. The molecule has 0 aliphatic heterocycles. The Kier molecular flexibility index (Phi) is 6.03. The van der Waals surface area contributed by atoms with Gasteiger partial charge in [0.1, 0.15) is 5.15 Å². The highest BCUT2D eigenvalue weighted by molar-refractivity contribution is 6.30. The molecule has 2 aromatic heterocycles. The molecule has 1 unspecified atom stereocenters. The highest BCUT2D eigenvalue weighted by Gasteiger charge is 2.18. The number of pyridine rings is 1. The predicted molar refractivity (Wildman–Crippen MR) is 117 cm³/mol. The summed E-state index contributed by atoms with van der Waals surface area (Å²) in [5.74, 6) is 0. The van der Waals surface area contributed by atoms with Crippen LogP contribution in [-0.4, -0.2) is 14.8 Å². The summed E-state index contributed by atoms with van der Waals surface area (Å²) < 4.78 is 1.86. The molecule has 1 N–H and O–H groups in total. The van der Waals surface area contributed by atoms with Crippen molar-refractivity contribution in [1.29, 1.82) is 0 Å². The molecule has 0 amide bonds. The first-order chi connectivity index (χ1) is 14.2. The minimum absolute atomic E-state index is 0.0228. The zero-order valence-corrected chi connectivity index (χ0v) is 17.1. The van der Waals surface area contributed by atoms with E-state index in [1.54, 1.807) is 0 Å². The van der Waals surface area contributed by atoms with Gasteiger partial charge in [0, 0.05) is 18.3 Å². The number of halogens is 1. The van der Waals surface area contributed by atoms with Crippen LogP contribution in [-0.2, 0) is 13.1 Å². The number of hydrogen-bond acceptors (Lipinski definition) is 3. The molecular weight excluding hydrogens is 380 g/mol. The molecule has 4 nitrogen and oxygen atoms in total. The van der Waals surface area contributed by atoms with Crippen LogP contribution < -0.4 is 5.32 Å². The van der Waals surface area contributed by atoms with Crippen LogP contribution in [0.4, 0.5) is 0 Å². The Balaban J connectivity index is 1.56. The van der Waals surface area contributed by atoms with Crippen molar-refractivity contribution in [1.82, 2.24) is 20.1 Å². The maximum atomic E-state index is 6.70. The molecule has 0 saturated heterocycles. The van der Waals surface area contributed by atoms with E-state index in [0.29, 0.717) is 18.2 Å². The van der Waals surface area contributed by atoms with Crippen LogP contribution in [0.2, 0.25) is 5.15 Å². The molecule has 146 valence electrons. The normalized spacial score (nSPS) is 12.1. The first kappa shape index (κ1) is 19.4. The molecule has 4 rings (SSSR count). The average Bonchev–Trinajstić information content (AvgIpc) is 3.03. The predicted octanol–water partition coefficient (Wildman–Crippen LogP) is 5.17. The molecule has 0 radical (unpaired) electrons. The van der Waals surface area contributed by atoms with Crippen molar-refractivity contribution >= 4 is 11.6 Å². The average molecular weight is 403 g/mol. The Morgan fingerprint density at radius 3 is 2.31 bits per heavy atom. The van der Waals surface area contributed by atoms with E-state index in [2.05, 4.69) is 39.7 Å². The summed E-state index contributed by atoms with van der Waals surface area (Å²) in [7, 11) is 0. The Hall–Kier alpha value is -2.95. The summed E-state index contributed by atoms with van der Waals surface area (Å²) in [6.45, 7) is 3.27. The van der Waals surface area contributed by atoms with Gasteiger partial charge in [-0.1, -0.05) is 78.3 Å². The molecule has 0 aliphatic rings. The van der Waals surface area contributed by atoms with Crippen LogP contribution in [0.5, 0.6) is 0 Å². The lowest BCUT2D eigenvalue weighted by Crippen LogP contribution is -2.23. The Morgan fingerprint density at radius 2 is 1.62 bits per heavy atom. The molecule has 29 heavy (non-hydrogen) atoms. The Labute approximate surface area is 176 Å². The number of aryl methyl sites for hydroxylation is 1. The highest BCUT2D eigenvalue weighted by atomic mass is 35.5. The Bertz CT molecular complexity index is 1010. The van der Waals surface area contributed by atoms with E-state index in [1.807, 2.05) is 72.4 Å². The molecule has 2 aromatic carbocycles. The molecule has 5 heteroatoms. The highest BCUT2D eigenvalue weighted by Crippen LogP contribution is 2.24. The summed E-state index contributed by atoms with van der Waals surface area (Å²) >= 11 is 6.70. The summed E-state index contributed by atoms with van der Waals surface area (Å²) in [5, 5.41) is 8.96. The van der Waals surface area contributed by atoms with Gasteiger partial charge in [-0.2, -0.15) is 5.10 Å². The third kappa shape index (κ3) is 4.56. The summed E-state index contributed by atoms with van der Waals surface area (Å²) in [5.41, 5.74) is 5.26. The minimum Gasteiger partial charge on any atom is -0.301 e. The van der Waals surface area contributed by atoms with E-state index in [9.17, 15) is 0 Å². The summed E-state index contributed by atoms with van der Waals surface area (Å²) in [6.07, 6.45) is 1.82. The van der Waals surface area contributed by atoms with Gasteiger partial charge in [0.25, 0.3) is 0 Å². The van der Waals surface area contributed by atoms with E-state index in [0.717, 1.165) is 22.5 Å². The largest absolute Gasteiger partial charge is 0.301 e. The number of nitrogens with zero attached hydrogens (tertiary/aromatic N) is 3. The molecule has 0 fully saturated rings. The van der Waals surface area contributed by atoms with Gasteiger partial charge in [-0.15, -0.1) is 0 Å². The third-order valence-electron chi connectivity index (χ3n) is 4.96. The van der Waals surface area contributed by atoms with Crippen molar-refractivity contribution in [3.05, 3.63) is 118 Å². The van der Waals surface area contributed by atoms with Gasteiger partial charge in [-0.05, 0) is 30.2 Å². The van der Waals surface area contributed by atoms with Gasteiger partial charge in [-0.3, -0.25) is 4.98 Å². The van der Waals surface area contributed by atoms with Crippen LogP contribution >= 0.6 is 11.6 Å².